The molecule has 2 heterocycles. The molecule has 1 N–H and O–H groups in total. The zero-order chi connectivity index (χ0) is 22.5. The number of aryl methyl sites for hydroxylation is 1. The highest BCUT2D eigenvalue weighted by Gasteiger charge is 2.17. The van der Waals surface area contributed by atoms with Crippen molar-refractivity contribution in [2.75, 3.05) is 0 Å². The van der Waals surface area contributed by atoms with Gasteiger partial charge >= 0.3 is 0 Å². The van der Waals surface area contributed by atoms with Crippen molar-refractivity contribution in [2.24, 2.45) is 0 Å². The number of H-pyrrole nitrogens is 1. The summed E-state index contributed by atoms with van der Waals surface area (Å²) in [5.41, 5.74) is 6.37. The zero-order valence-electron chi connectivity index (χ0n) is 18.7. The van der Waals surface area contributed by atoms with Gasteiger partial charge in [0.25, 0.3) is 0 Å². The number of hydrogen-bond acceptors (Lipinski definition) is 4. The quantitative estimate of drug-likeness (QED) is 0.344. The molecule has 0 aliphatic carbocycles. The Kier molecular flexibility index (Phi) is 7.02. The molecule has 0 spiro atoms. The SMILES string of the molecule is CCCc1nc(Cl)c(COC(C)C)n1Cc1ccc(-c2ccccc2-c2cnn[nH]2)cc1. The predicted molar refractivity (Wildman–Crippen MR) is 128 cm³/mol. The Bertz CT molecular complexity index is 1150. The van der Waals surface area contributed by atoms with Crippen LogP contribution >= 0.6 is 11.6 Å². The van der Waals surface area contributed by atoms with Crippen LogP contribution in [0.25, 0.3) is 22.4 Å². The van der Waals surface area contributed by atoms with E-state index >= 15 is 0 Å². The van der Waals surface area contributed by atoms with E-state index in [0.717, 1.165) is 46.7 Å². The molecular weight excluding hydrogens is 422 g/mol. The van der Waals surface area contributed by atoms with Crippen LogP contribution < -0.4 is 0 Å². The first-order chi connectivity index (χ1) is 15.6. The molecule has 7 heteroatoms. The van der Waals surface area contributed by atoms with Crippen molar-refractivity contribution < 1.29 is 4.74 Å². The first-order valence-electron chi connectivity index (χ1n) is 11.0. The summed E-state index contributed by atoms with van der Waals surface area (Å²) in [5.74, 6) is 1.00. The van der Waals surface area contributed by atoms with Gasteiger partial charge in [0, 0.05) is 18.5 Å². The predicted octanol–water partition coefficient (Wildman–Crippen LogP) is 5.91. The van der Waals surface area contributed by atoms with E-state index in [2.05, 4.69) is 68.3 Å². The highest BCUT2D eigenvalue weighted by Crippen LogP contribution is 2.31. The summed E-state index contributed by atoms with van der Waals surface area (Å²) in [7, 11) is 0. The minimum absolute atomic E-state index is 0.133. The Morgan fingerprint density at radius 1 is 1.06 bits per heavy atom. The average Bonchev–Trinajstić information content (AvgIpc) is 3.42. The Labute approximate surface area is 193 Å². The van der Waals surface area contributed by atoms with Gasteiger partial charge in [0.1, 0.15) is 5.82 Å². The standard InChI is InChI=1S/C25H28ClN5O/c1-4-7-24-28-25(26)23(16-32-17(2)3)31(24)15-18-10-12-19(13-11-18)20-8-5-6-9-21(20)22-14-27-30-29-22/h5-6,8-14,17H,4,7,15-16H2,1-3H3,(H,27,29,30). The number of nitrogens with one attached hydrogen (secondary N) is 1. The number of aromatic nitrogens is 5. The van der Waals surface area contributed by atoms with Crippen molar-refractivity contribution in [1.82, 2.24) is 25.0 Å². The minimum Gasteiger partial charge on any atom is -0.372 e. The van der Waals surface area contributed by atoms with Crippen molar-refractivity contribution in [3.63, 3.8) is 0 Å². The zero-order valence-corrected chi connectivity index (χ0v) is 19.4. The second-order valence-electron chi connectivity index (χ2n) is 8.07. The first kappa shape index (κ1) is 22.2. The second kappa shape index (κ2) is 10.1. The molecule has 0 atom stereocenters. The molecule has 32 heavy (non-hydrogen) atoms. The van der Waals surface area contributed by atoms with Crippen LogP contribution in [0.15, 0.2) is 54.7 Å². The van der Waals surface area contributed by atoms with Crippen LogP contribution in [0.1, 0.15) is 44.3 Å². The summed E-state index contributed by atoms with van der Waals surface area (Å²) in [6.07, 6.45) is 3.76. The number of halogens is 1. The summed E-state index contributed by atoms with van der Waals surface area (Å²) < 4.78 is 8.05. The molecule has 0 amide bonds. The van der Waals surface area contributed by atoms with Gasteiger partial charge in [-0.2, -0.15) is 0 Å². The van der Waals surface area contributed by atoms with E-state index in [9.17, 15) is 0 Å². The normalized spacial score (nSPS) is 11.4. The Hall–Kier alpha value is -2.96. The van der Waals surface area contributed by atoms with Gasteiger partial charge in [-0.25, -0.2) is 4.98 Å². The number of ether oxygens (including phenoxy) is 1. The largest absolute Gasteiger partial charge is 0.372 e. The summed E-state index contributed by atoms with van der Waals surface area (Å²) in [5, 5.41) is 11.3. The lowest BCUT2D eigenvalue weighted by molar-refractivity contribution is 0.0618. The lowest BCUT2D eigenvalue weighted by atomic mass is 9.97. The maximum Gasteiger partial charge on any atom is 0.153 e. The Morgan fingerprint density at radius 3 is 2.47 bits per heavy atom. The second-order valence-corrected chi connectivity index (χ2v) is 8.43. The summed E-state index contributed by atoms with van der Waals surface area (Å²) in [4.78, 5) is 4.61. The summed E-state index contributed by atoms with van der Waals surface area (Å²) >= 11 is 6.48. The van der Waals surface area contributed by atoms with Crippen molar-refractivity contribution in [3.05, 3.63) is 77.0 Å². The van der Waals surface area contributed by atoms with Crippen molar-refractivity contribution in [3.8, 4) is 22.4 Å². The molecule has 166 valence electrons. The number of nitrogens with zero attached hydrogens (tertiary/aromatic N) is 4. The molecule has 0 saturated carbocycles. The molecule has 2 aromatic heterocycles. The number of benzene rings is 2. The molecular formula is C25H28ClN5O. The number of imidazole rings is 1. The molecule has 0 fully saturated rings. The van der Waals surface area contributed by atoms with Crippen LogP contribution in [-0.4, -0.2) is 31.1 Å². The minimum atomic E-state index is 0.133. The molecule has 6 nitrogen and oxygen atoms in total. The molecule has 2 aromatic carbocycles. The van der Waals surface area contributed by atoms with E-state index < -0.39 is 0 Å². The van der Waals surface area contributed by atoms with E-state index in [4.69, 9.17) is 16.3 Å². The van der Waals surface area contributed by atoms with E-state index in [0.29, 0.717) is 18.3 Å². The fraction of sp³-hybridized carbons (Fsp3) is 0.320. The monoisotopic (exact) mass is 449 g/mol. The van der Waals surface area contributed by atoms with Gasteiger partial charge in [-0.3, -0.25) is 5.10 Å². The van der Waals surface area contributed by atoms with E-state index in [-0.39, 0.29) is 6.10 Å². The van der Waals surface area contributed by atoms with Gasteiger partial charge in [-0.05, 0) is 37.0 Å². The molecule has 0 unspecified atom stereocenters. The summed E-state index contributed by atoms with van der Waals surface area (Å²) in [6.45, 7) is 7.36. The van der Waals surface area contributed by atoms with Crippen molar-refractivity contribution in [2.45, 2.75) is 52.9 Å². The van der Waals surface area contributed by atoms with Crippen molar-refractivity contribution >= 4 is 11.6 Å². The van der Waals surface area contributed by atoms with E-state index in [1.807, 2.05) is 26.0 Å². The average molecular weight is 450 g/mol. The maximum absolute atomic E-state index is 6.48. The molecule has 0 radical (unpaired) electrons. The fourth-order valence-corrected chi connectivity index (χ4v) is 4.01. The van der Waals surface area contributed by atoms with Crippen LogP contribution in [0.2, 0.25) is 5.15 Å². The fourth-order valence-electron chi connectivity index (χ4n) is 3.76. The molecule has 4 aromatic rings. The molecule has 0 aliphatic heterocycles. The summed E-state index contributed by atoms with van der Waals surface area (Å²) in [6, 6.07) is 16.9. The molecule has 0 aliphatic rings. The van der Waals surface area contributed by atoms with Gasteiger partial charge in [0.2, 0.25) is 0 Å². The van der Waals surface area contributed by atoms with Gasteiger partial charge in [-0.1, -0.05) is 72.3 Å². The van der Waals surface area contributed by atoms with Crippen LogP contribution in [0.5, 0.6) is 0 Å². The number of aromatic amines is 1. The van der Waals surface area contributed by atoms with Gasteiger partial charge in [0.05, 0.1) is 30.3 Å². The molecule has 0 bridgehead atoms. The third-order valence-electron chi connectivity index (χ3n) is 5.37. The van der Waals surface area contributed by atoms with Gasteiger partial charge in [-0.15, -0.1) is 5.10 Å². The topological polar surface area (TPSA) is 68.6 Å². The third kappa shape index (κ3) is 4.92. The number of rotatable bonds is 9. The number of hydrogen-bond donors (Lipinski definition) is 1. The lowest BCUT2D eigenvalue weighted by Crippen LogP contribution is -2.12. The van der Waals surface area contributed by atoms with Crippen LogP contribution in [0, 0.1) is 0 Å². The highest BCUT2D eigenvalue weighted by molar-refractivity contribution is 6.30. The third-order valence-corrected chi connectivity index (χ3v) is 5.67. The van der Waals surface area contributed by atoms with Gasteiger partial charge in [0.15, 0.2) is 5.15 Å². The molecule has 0 saturated heterocycles. The van der Waals surface area contributed by atoms with Gasteiger partial charge < -0.3 is 9.30 Å². The first-order valence-corrected chi connectivity index (χ1v) is 11.3. The van der Waals surface area contributed by atoms with E-state index in [1.165, 1.54) is 5.56 Å². The van der Waals surface area contributed by atoms with E-state index in [1.54, 1.807) is 6.20 Å². The maximum atomic E-state index is 6.48. The van der Waals surface area contributed by atoms with Crippen molar-refractivity contribution in [1.29, 1.82) is 0 Å². The van der Waals surface area contributed by atoms with Crippen LogP contribution in [0.3, 0.4) is 0 Å². The highest BCUT2D eigenvalue weighted by atomic mass is 35.5. The van der Waals surface area contributed by atoms with Crippen LogP contribution in [0.4, 0.5) is 0 Å². The lowest BCUT2D eigenvalue weighted by Gasteiger charge is -2.14. The molecule has 4 rings (SSSR count). The van der Waals surface area contributed by atoms with Crippen LogP contribution in [-0.2, 0) is 24.3 Å². The smallest absolute Gasteiger partial charge is 0.153 e. The Morgan fingerprint density at radius 2 is 1.81 bits per heavy atom. The Balaban J connectivity index is 1.62.